The molecular weight excluding hydrogens is 305 g/mol. The summed E-state index contributed by atoms with van der Waals surface area (Å²) < 4.78 is 14.0. The molecule has 3 heteroatoms. The number of hydrogen-bond acceptors (Lipinski definition) is 1. The second-order valence-corrected chi connectivity index (χ2v) is 5.34. The van der Waals surface area contributed by atoms with Crippen LogP contribution in [-0.2, 0) is 6.54 Å². The maximum Gasteiger partial charge on any atom is 0.123 e. The molecule has 1 atom stereocenters. The quantitative estimate of drug-likeness (QED) is 0.831. The number of rotatable bonds is 5. The van der Waals surface area contributed by atoms with Gasteiger partial charge in [-0.2, -0.15) is 0 Å². The molecule has 0 fully saturated rings. The Labute approximate surface area is 122 Å². The first-order valence-electron chi connectivity index (χ1n) is 6.43. The molecule has 0 aromatic heterocycles. The van der Waals surface area contributed by atoms with Gasteiger partial charge in [-0.05, 0) is 35.7 Å². The van der Waals surface area contributed by atoms with Crippen molar-refractivity contribution in [3.05, 3.63) is 69.9 Å². The van der Waals surface area contributed by atoms with Crippen molar-refractivity contribution < 1.29 is 4.39 Å². The molecule has 0 aliphatic carbocycles. The van der Waals surface area contributed by atoms with E-state index in [2.05, 4.69) is 34.2 Å². The summed E-state index contributed by atoms with van der Waals surface area (Å²) >= 11 is 3.54. The van der Waals surface area contributed by atoms with E-state index in [0.717, 1.165) is 23.0 Å². The van der Waals surface area contributed by atoms with Gasteiger partial charge in [0.15, 0.2) is 0 Å². The van der Waals surface area contributed by atoms with E-state index in [0.29, 0.717) is 0 Å². The van der Waals surface area contributed by atoms with Crippen LogP contribution in [0, 0.1) is 5.82 Å². The molecule has 2 rings (SSSR count). The van der Waals surface area contributed by atoms with Gasteiger partial charge >= 0.3 is 0 Å². The topological polar surface area (TPSA) is 12.0 Å². The van der Waals surface area contributed by atoms with Crippen LogP contribution < -0.4 is 5.32 Å². The molecule has 1 nitrogen and oxygen atoms in total. The zero-order chi connectivity index (χ0) is 13.7. The van der Waals surface area contributed by atoms with E-state index in [9.17, 15) is 4.39 Å². The molecule has 0 amide bonds. The second-order valence-electron chi connectivity index (χ2n) is 4.48. The van der Waals surface area contributed by atoms with Crippen molar-refractivity contribution in [1.29, 1.82) is 0 Å². The summed E-state index contributed by atoms with van der Waals surface area (Å²) in [6.07, 6.45) is 0.968. The SMILES string of the molecule is CCC(NCc1ccccc1Br)c1ccc(F)cc1. The second kappa shape index (κ2) is 6.83. The van der Waals surface area contributed by atoms with Crippen LogP contribution in [-0.4, -0.2) is 0 Å². The maximum absolute atomic E-state index is 12.9. The average molecular weight is 322 g/mol. The molecule has 19 heavy (non-hydrogen) atoms. The molecule has 0 aliphatic heterocycles. The van der Waals surface area contributed by atoms with Crippen molar-refractivity contribution in [2.24, 2.45) is 0 Å². The first kappa shape index (κ1) is 14.2. The number of benzene rings is 2. The Kier molecular flexibility index (Phi) is 5.11. The highest BCUT2D eigenvalue weighted by atomic mass is 79.9. The van der Waals surface area contributed by atoms with Crippen LogP contribution in [0.15, 0.2) is 53.0 Å². The Morgan fingerprint density at radius 2 is 1.79 bits per heavy atom. The molecule has 0 heterocycles. The van der Waals surface area contributed by atoms with Crippen LogP contribution in [0.3, 0.4) is 0 Å². The summed E-state index contributed by atoms with van der Waals surface area (Å²) in [6, 6.07) is 15.1. The Morgan fingerprint density at radius 3 is 2.42 bits per heavy atom. The van der Waals surface area contributed by atoms with E-state index in [4.69, 9.17) is 0 Å². The van der Waals surface area contributed by atoms with Gasteiger partial charge in [0.2, 0.25) is 0 Å². The van der Waals surface area contributed by atoms with Crippen molar-refractivity contribution in [1.82, 2.24) is 5.32 Å². The summed E-state index contributed by atoms with van der Waals surface area (Å²) in [4.78, 5) is 0. The minimum absolute atomic E-state index is 0.190. The normalized spacial score (nSPS) is 12.4. The molecule has 2 aromatic rings. The van der Waals surface area contributed by atoms with Gasteiger partial charge in [0.1, 0.15) is 5.82 Å². The van der Waals surface area contributed by atoms with Crippen LogP contribution >= 0.6 is 15.9 Å². The number of halogens is 2. The van der Waals surface area contributed by atoms with E-state index in [1.54, 1.807) is 0 Å². The smallest absolute Gasteiger partial charge is 0.123 e. The zero-order valence-electron chi connectivity index (χ0n) is 10.9. The van der Waals surface area contributed by atoms with Crippen LogP contribution in [0.2, 0.25) is 0 Å². The van der Waals surface area contributed by atoms with E-state index in [1.807, 2.05) is 30.3 Å². The molecule has 0 aliphatic rings. The first-order valence-corrected chi connectivity index (χ1v) is 7.22. The highest BCUT2D eigenvalue weighted by Gasteiger charge is 2.09. The van der Waals surface area contributed by atoms with Crippen molar-refractivity contribution in [3.63, 3.8) is 0 Å². The van der Waals surface area contributed by atoms with Crippen molar-refractivity contribution >= 4 is 15.9 Å². The maximum atomic E-state index is 12.9. The Morgan fingerprint density at radius 1 is 1.11 bits per heavy atom. The van der Waals surface area contributed by atoms with Crippen molar-refractivity contribution in [2.75, 3.05) is 0 Å². The third kappa shape index (κ3) is 3.88. The lowest BCUT2D eigenvalue weighted by atomic mass is 10.0. The van der Waals surface area contributed by atoms with E-state index >= 15 is 0 Å². The third-order valence-corrected chi connectivity index (χ3v) is 3.95. The molecule has 1 N–H and O–H groups in total. The molecule has 0 spiro atoms. The molecule has 0 bridgehead atoms. The van der Waals surface area contributed by atoms with Gasteiger partial charge in [0, 0.05) is 17.1 Å². The van der Waals surface area contributed by atoms with Crippen molar-refractivity contribution in [2.45, 2.75) is 25.9 Å². The molecule has 0 radical (unpaired) electrons. The van der Waals surface area contributed by atoms with Gasteiger partial charge in [0.25, 0.3) is 0 Å². The monoisotopic (exact) mass is 321 g/mol. The number of hydrogen-bond donors (Lipinski definition) is 1. The van der Waals surface area contributed by atoms with Crippen LogP contribution in [0.25, 0.3) is 0 Å². The van der Waals surface area contributed by atoms with E-state index in [-0.39, 0.29) is 11.9 Å². The molecule has 1 unspecified atom stereocenters. The highest BCUT2D eigenvalue weighted by Crippen LogP contribution is 2.20. The lowest BCUT2D eigenvalue weighted by molar-refractivity contribution is 0.517. The Balaban J connectivity index is 2.04. The standard InChI is InChI=1S/C16H17BrFN/c1-2-16(12-7-9-14(18)10-8-12)19-11-13-5-3-4-6-15(13)17/h3-10,16,19H,2,11H2,1H3. The Bertz CT molecular complexity index is 525. The summed E-state index contributed by atoms with van der Waals surface area (Å²) in [5, 5.41) is 3.51. The lowest BCUT2D eigenvalue weighted by Gasteiger charge is -2.18. The largest absolute Gasteiger partial charge is 0.306 e. The van der Waals surface area contributed by atoms with Crippen LogP contribution in [0.4, 0.5) is 4.39 Å². The minimum Gasteiger partial charge on any atom is -0.306 e. The van der Waals surface area contributed by atoms with Crippen LogP contribution in [0.1, 0.15) is 30.5 Å². The van der Waals surface area contributed by atoms with Gasteiger partial charge < -0.3 is 5.32 Å². The van der Waals surface area contributed by atoms with E-state index < -0.39 is 0 Å². The first-order chi connectivity index (χ1) is 9.20. The summed E-state index contributed by atoms with van der Waals surface area (Å²) in [5.41, 5.74) is 2.35. The lowest BCUT2D eigenvalue weighted by Crippen LogP contribution is -2.20. The Hall–Kier alpha value is -1.19. The molecule has 100 valence electrons. The molecule has 2 aromatic carbocycles. The molecule has 0 saturated carbocycles. The number of nitrogens with one attached hydrogen (secondary N) is 1. The van der Waals surface area contributed by atoms with Gasteiger partial charge in [-0.1, -0.05) is 53.2 Å². The predicted molar refractivity (Wildman–Crippen MR) is 80.4 cm³/mol. The zero-order valence-corrected chi connectivity index (χ0v) is 12.5. The van der Waals surface area contributed by atoms with Gasteiger partial charge in [-0.25, -0.2) is 4.39 Å². The molecule has 0 saturated heterocycles. The van der Waals surface area contributed by atoms with E-state index in [1.165, 1.54) is 17.7 Å². The van der Waals surface area contributed by atoms with Crippen LogP contribution in [0.5, 0.6) is 0 Å². The fraction of sp³-hybridized carbons (Fsp3) is 0.250. The van der Waals surface area contributed by atoms with Gasteiger partial charge in [-0.15, -0.1) is 0 Å². The third-order valence-electron chi connectivity index (χ3n) is 3.18. The fourth-order valence-corrected chi connectivity index (χ4v) is 2.49. The summed E-state index contributed by atoms with van der Waals surface area (Å²) in [6.45, 7) is 2.92. The van der Waals surface area contributed by atoms with Crippen molar-refractivity contribution in [3.8, 4) is 0 Å². The highest BCUT2D eigenvalue weighted by molar-refractivity contribution is 9.10. The fourth-order valence-electron chi connectivity index (χ4n) is 2.07. The predicted octanol–water partition coefficient (Wildman–Crippen LogP) is 4.83. The summed E-state index contributed by atoms with van der Waals surface area (Å²) in [7, 11) is 0. The molecular formula is C16H17BrFN. The average Bonchev–Trinajstić information content (AvgIpc) is 2.43. The van der Waals surface area contributed by atoms with Gasteiger partial charge in [0.05, 0.1) is 0 Å². The summed E-state index contributed by atoms with van der Waals surface area (Å²) in [5.74, 6) is -0.190. The van der Waals surface area contributed by atoms with Gasteiger partial charge in [-0.3, -0.25) is 0 Å². The minimum atomic E-state index is -0.190.